The Morgan fingerprint density at radius 2 is 1.75 bits per heavy atom. The summed E-state index contributed by atoms with van der Waals surface area (Å²) in [5.74, 6) is 0.353. The van der Waals surface area contributed by atoms with Crippen LogP contribution in [-0.4, -0.2) is 34.9 Å². The summed E-state index contributed by atoms with van der Waals surface area (Å²) >= 11 is 1.96. The minimum Gasteiger partial charge on any atom is -0.508 e. The normalized spacial score (nSPS) is 18.4. The summed E-state index contributed by atoms with van der Waals surface area (Å²) in [4.78, 5) is 3.88. The molecule has 1 aliphatic rings. The number of rotatable bonds is 4. The molecule has 2 rings (SSSR count). The Balaban J connectivity index is 1.73. The molecule has 0 aromatic heterocycles. The van der Waals surface area contributed by atoms with Gasteiger partial charge >= 0.3 is 0 Å². The number of likely N-dealkylation sites (tertiary alicyclic amines) is 1. The molecule has 1 aromatic carbocycles. The fourth-order valence-electron chi connectivity index (χ4n) is 2.46. The van der Waals surface area contributed by atoms with Crippen LogP contribution in [0, 0.1) is 5.41 Å². The average Bonchev–Trinajstić information content (AvgIpc) is 2.40. The number of phenols is 1. The molecule has 0 unspecified atom stereocenters. The van der Waals surface area contributed by atoms with E-state index >= 15 is 0 Å². The van der Waals surface area contributed by atoms with Crippen LogP contribution in [0.2, 0.25) is 0 Å². The maximum atomic E-state index is 9.31. The van der Waals surface area contributed by atoms with Gasteiger partial charge in [-0.3, -0.25) is 0 Å². The van der Waals surface area contributed by atoms with E-state index in [0.717, 1.165) is 5.25 Å². The summed E-state index contributed by atoms with van der Waals surface area (Å²) in [6.45, 7) is 10.7. The molecule has 2 nitrogen and oxygen atoms in total. The molecule has 3 heteroatoms. The van der Waals surface area contributed by atoms with Gasteiger partial charge in [-0.2, -0.15) is 0 Å². The molecule has 1 aliphatic heterocycles. The number of hydrogen-bond acceptors (Lipinski definition) is 3. The van der Waals surface area contributed by atoms with Crippen LogP contribution in [-0.2, 0) is 0 Å². The van der Waals surface area contributed by atoms with Crippen molar-refractivity contribution in [2.24, 2.45) is 5.41 Å². The largest absolute Gasteiger partial charge is 0.508 e. The third kappa shape index (κ3) is 5.37. The maximum Gasteiger partial charge on any atom is 0.115 e. The van der Waals surface area contributed by atoms with Crippen molar-refractivity contribution in [3.8, 4) is 5.75 Å². The molecule has 0 bridgehead atoms. The minimum atomic E-state index is 0.353. The lowest BCUT2D eigenvalue weighted by molar-refractivity contribution is 0.199. The van der Waals surface area contributed by atoms with Crippen molar-refractivity contribution < 1.29 is 5.11 Å². The van der Waals surface area contributed by atoms with Crippen LogP contribution >= 0.6 is 11.8 Å². The minimum absolute atomic E-state index is 0.353. The van der Waals surface area contributed by atoms with Gasteiger partial charge in [-0.05, 0) is 68.6 Å². The van der Waals surface area contributed by atoms with Crippen molar-refractivity contribution in [3.63, 3.8) is 0 Å². The van der Waals surface area contributed by atoms with E-state index < -0.39 is 0 Å². The number of piperidine rings is 1. The fourth-order valence-corrected chi connectivity index (χ4v) is 3.59. The predicted octanol–water partition coefficient (Wildman–Crippen LogP) is 4.38. The van der Waals surface area contributed by atoms with Crippen LogP contribution in [0.3, 0.4) is 0 Å². The van der Waals surface area contributed by atoms with Crippen molar-refractivity contribution in [2.45, 2.75) is 50.2 Å². The quantitative estimate of drug-likeness (QED) is 0.891. The molecule has 1 aromatic rings. The first-order valence-electron chi connectivity index (χ1n) is 7.60. The lowest BCUT2D eigenvalue weighted by Gasteiger charge is -2.33. The topological polar surface area (TPSA) is 23.5 Å². The molecule has 0 atom stereocenters. The lowest BCUT2D eigenvalue weighted by Crippen LogP contribution is -2.36. The summed E-state index contributed by atoms with van der Waals surface area (Å²) in [6, 6.07) is 7.60. The van der Waals surface area contributed by atoms with E-state index in [9.17, 15) is 5.11 Å². The van der Waals surface area contributed by atoms with E-state index in [1.54, 1.807) is 12.1 Å². The molecule has 112 valence electrons. The average molecular weight is 293 g/mol. The van der Waals surface area contributed by atoms with Gasteiger partial charge in [0.1, 0.15) is 5.75 Å². The van der Waals surface area contributed by atoms with Crippen LogP contribution in [0.4, 0.5) is 0 Å². The number of nitrogens with zero attached hydrogens (tertiary/aromatic N) is 1. The van der Waals surface area contributed by atoms with Gasteiger partial charge < -0.3 is 10.0 Å². The second kappa shape index (κ2) is 6.86. The smallest absolute Gasteiger partial charge is 0.115 e. The van der Waals surface area contributed by atoms with E-state index in [1.807, 2.05) is 23.9 Å². The third-order valence-electron chi connectivity index (χ3n) is 3.85. The molecule has 20 heavy (non-hydrogen) atoms. The van der Waals surface area contributed by atoms with E-state index in [0.29, 0.717) is 11.2 Å². The summed E-state index contributed by atoms with van der Waals surface area (Å²) in [7, 11) is 0. The van der Waals surface area contributed by atoms with Gasteiger partial charge in [0, 0.05) is 10.1 Å². The molecule has 1 heterocycles. The van der Waals surface area contributed by atoms with Gasteiger partial charge in [0.25, 0.3) is 0 Å². The van der Waals surface area contributed by atoms with Crippen LogP contribution in [0.5, 0.6) is 5.75 Å². The second-order valence-electron chi connectivity index (χ2n) is 6.96. The van der Waals surface area contributed by atoms with E-state index in [4.69, 9.17) is 0 Å². The van der Waals surface area contributed by atoms with Crippen molar-refractivity contribution in [2.75, 3.05) is 19.6 Å². The van der Waals surface area contributed by atoms with Crippen LogP contribution in [0.1, 0.15) is 40.0 Å². The van der Waals surface area contributed by atoms with Crippen molar-refractivity contribution in [1.29, 1.82) is 0 Å². The molecule has 1 fully saturated rings. The van der Waals surface area contributed by atoms with Gasteiger partial charge in [0.05, 0.1) is 0 Å². The summed E-state index contributed by atoms with van der Waals surface area (Å²) in [5, 5.41) is 10.0. The third-order valence-corrected chi connectivity index (χ3v) is 5.20. The van der Waals surface area contributed by atoms with Gasteiger partial charge in [-0.15, -0.1) is 11.8 Å². The first-order valence-corrected chi connectivity index (χ1v) is 8.48. The van der Waals surface area contributed by atoms with Crippen molar-refractivity contribution in [3.05, 3.63) is 24.3 Å². The van der Waals surface area contributed by atoms with Gasteiger partial charge in [-0.25, -0.2) is 0 Å². The zero-order valence-electron chi connectivity index (χ0n) is 12.9. The summed E-state index contributed by atoms with van der Waals surface area (Å²) in [6.07, 6.45) is 3.83. The van der Waals surface area contributed by atoms with Crippen molar-refractivity contribution in [1.82, 2.24) is 4.90 Å². The first kappa shape index (κ1) is 15.7. The molecule has 0 saturated carbocycles. The van der Waals surface area contributed by atoms with E-state index in [1.165, 1.54) is 43.8 Å². The Kier molecular flexibility index (Phi) is 5.39. The number of hydrogen-bond donors (Lipinski definition) is 1. The Morgan fingerprint density at radius 3 is 2.30 bits per heavy atom. The highest BCUT2D eigenvalue weighted by Gasteiger charge is 2.21. The Morgan fingerprint density at radius 1 is 1.15 bits per heavy atom. The Hall–Kier alpha value is -0.670. The molecular formula is C17H27NOS. The highest BCUT2D eigenvalue weighted by atomic mass is 32.2. The Labute approximate surface area is 127 Å². The molecule has 0 amide bonds. The highest BCUT2D eigenvalue weighted by molar-refractivity contribution is 8.00. The Bertz CT molecular complexity index is 402. The van der Waals surface area contributed by atoms with Crippen LogP contribution < -0.4 is 0 Å². The monoisotopic (exact) mass is 293 g/mol. The van der Waals surface area contributed by atoms with Crippen molar-refractivity contribution >= 4 is 11.8 Å². The first-order chi connectivity index (χ1) is 9.42. The zero-order chi connectivity index (χ0) is 14.6. The second-order valence-corrected chi connectivity index (χ2v) is 8.34. The predicted molar refractivity (Wildman–Crippen MR) is 87.5 cm³/mol. The fraction of sp³-hybridized carbons (Fsp3) is 0.647. The maximum absolute atomic E-state index is 9.31. The van der Waals surface area contributed by atoms with Crippen LogP contribution in [0.15, 0.2) is 29.2 Å². The number of phenolic OH excluding ortho intramolecular Hbond substituents is 1. The molecular weight excluding hydrogens is 266 g/mol. The zero-order valence-corrected chi connectivity index (χ0v) is 13.7. The lowest BCUT2D eigenvalue weighted by atomic mass is 9.92. The highest BCUT2D eigenvalue weighted by Crippen LogP contribution is 2.31. The number of aromatic hydroxyl groups is 1. The van der Waals surface area contributed by atoms with Crippen LogP contribution in [0.25, 0.3) is 0 Å². The van der Waals surface area contributed by atoms with Gasteiger partial charge in [0.15, 0.2) is 0 Å². The number of benzene rings is 1. The SMILES string of the molecule is CC(C)(C)CCN1CCC(Sc2ccc(O)cc2)CC1. The summed E-state index contributed by atoms with van der Waals surface area (Å²) in [5.41, 5.74) is 0.442. The van der Waals surface area contributed by atoms with E-state index in [2.05, 4.69) is 25.7 Å². The number of thioether (sulfide) groups is 1. The molecule has 1 N–H and O–H groups in total. The standard InChI is InChI=1S/C17H27NOS/c1-17(2,3)10-13-18-11-8-16(9-12-18)20-15-6-4-14(19)5-7-15/h4-7,16,19H,8-13H2,1-3H3. The molecule has 1 saturated heterocycles. The summed E-state index contributed by atoms with van der Waals surface area (Å²) < 4.78 is 0. The molecule has 0 aliphatic carbocycles. The van der Waals surface area contributed by atoms with E-state index in [-0.39, 0.29) is 0 Å². The molecule has 0 spiro atoms. The molecule has 0 radical (unpaired) electrons. The van der Waals surface area contributed by atoms with Gasteiger partial charge in [-0.1, -0.05) is 20.8 Å². The van der Waals surface area contributed by atoms with Gasteiger partial charge in [0.2, 0.25) is 0 Å².